The first-order valence-electron chi connectivity index (χ1n) is 5.30. The van der Waals surface area contributed by atoms with Crippen molar-refractivity contribution in [3.63, 3.8) is 0 Å². The number of Topliss-reactive ketones (excluding diaryl/α,β-unsaturated/α-hetero) is 1. The lowest BCUT2D eigenvalue weighted by Crippen LogP contribution is -2.34. The van der Waals surface area contributed by atoms with E-state index in [1.807, 2.05) is 0 Å². The first-order valence-corrected chi connectivity index (χ1v) is 5.30. The molecule has 1 saturated carbocycles. The SMILES string of the molecule is NC1(C(=O)Cc2cccc(C(F)(F)F)c2)CC1. The molecule has 92 valence electrons. The van der Waals surface area contributed by atoms with Gasteiger partial charge in [0, 0.05) is 6.42 Å². The minimum Gasteiger partial charge on any atom is -0.319 e. The summed E-state index contributed by atoms with van der Waals surface area (Å²) in [6.07, 6.45) is -3.14. The number of benzene rings is 1. The van der Waals surface area contributed by atoms with Crippen LogP contribution in [0, 0.1) is 0 Å². The van der Waals surface area contributed by atoms with E-state index in [9.17, 15) is 18.0 Å². The Bertz CT molecular complexity index is 449. The van der Waals surface area contributed by atoms with E-state index in [4.69, 9.17) is 5.73 Å². The largest absolute Gasteiger partial charge is 0.416 e. The lowest BCUT2D eigenvalue weighted by molar-refractivity contribution is -0.137. The highest BCUT2D eigenvalue weighted by molar-refractivity contribution is 5.92. The Balaban J connectivity index is 2.14. The number of nitrogens with two attached hydrogens (primary N) is 1. The summed E-state index contributed by atoms with van der Waals surface area (Å²) in [5, 5.41) is 0. The number of alkyl halides is 3. The van der Waals surface area contributed by atoms with Gasteiger partial charge in [-0.1, -0.05) is 18.2 Å². The molecule has 0 atom stereocenters. The summed E-state index contributed by atoms with van der Waals surface area (Å²) in [5.74, 6) is -0.183. The van der Waals surface area contributed by atoms with Gasteiger partial charge in [-0.05, 0) is 24.5 Å². The van der Waals surface area contributed by atoms with E-state index in [1.54, 1.807) is 0 Å². The highest BCUT2D eigenvalue weighted by Gasteiger charge is 2.45. The summed E-state index contributed by atoms with van der Waals surface area (Å²) in [4.78, 5) is 11.7. The summed E-state index contributed by atoms with van der Waals surface area (Å²) in [6.45, 7) is 0. The Kier molecular flexibility index (Phi) is 2.73. The highest BCUT2D eigenvalue weighted by atomic mass is 19.4. The molecule has 2 nitrogen and oxygen atoms in total. The monoisotopic (exact) mass is 243 g/mol. The zero-order valence-corrected chi connectivity index (χ0v) is 9.05. The summed E-state index contributed by atoms with van der Waals surface area (Å²) < 4.78 is 37.3. The van der Waals surface area contributed by atoms with Crippen molar-refractivity contribution in [2.75, 3.05) is 0 Å². The van der Waals surface area contributed by atoms with Crippen molar-refractivity contribution in [1.29, 1.82) is 0 Å². The van der Waals surface area contributed by atoms with E-state index in [0.29, 0.717) is 18.4 Å². The van der Waals surface area contributed by atoms with Gasteiger partial charge in [0.15, 0.2) is 5.78 Å². The second-order valence-corrected chi connectivity index (χ2v) is 4.45. The molecule has 0 bridgehead atoms. The summed E-state index contributed by atoms with van der Waals surface area (Å²) in [7, 11) is 0. The van der Waals surface area contributed by atoms with Crippen molar-refractivity contribution in [2.24, 2.45) is 5.73 Å². The standard InChI is InChI=1S/C12H12F3NO/c13-12(14,15)9-3-1-2-8(6-9)7-10(17)11(16)4-5-11/h1-3,6H,4-5,7,16H2. The number of hydrogen-bond donors (Lipinski definition) is 1. The van der Waals surface area contributed by atoms with Crippen LogP contribution in [0.4, 0.5) is 13.2 Å². The molecule has 17 heavy (non-hydrogen) atoms. The van der Waals surface area contributed by atoms with Crippen LogP contribution in [-0.2, 0) is 17.4 Å². The average molecular weight is 243 g/mol. The third kappa shape index (κ3) is 2.66. The molecule has 2 rings (SSSR count). The predicted molar refractivity (Wildman–Crippen MR) is 56.3 cm³/mol. The van der Waals surface area contributed by atoms with Gasteiger partial charge in [0.1, 0.15) is 0 Å². The van der Waals surface area contributed by atoms with Crippen LogP contribution < -0.4 is 5.73 Å². The first-order chi connectivity index (χ1) is 7.81. The lowest BCUT2D eigenvalue weighted by atomic mass is 10.0. The number of halogens is 3. The molecule has 5 heteroatoms. The van der Waals surface area contributed by atoms with Crippen LogP contribution in [0.1, 0.15) is 24.0 Å². The van der Waals surface area contributed by atoms with Crippen LogP contribution in [0.3, 0.4) is 0 Å². The van der Waals surface area contributed by atoms with E-state index in [1.165, 1.54) is 12.1 Å². The fraction of sp³-hybridized carbons (Fsp3) is 0.417. The predicted octanol–water partition coefficient (Wildman–Crippen LogP) is 2.31. The fourth-order valence-corrected chi connectivity index (χ4v) is 1.63. The minimum atomic E-state index is -4.38. The Morgan fingerprint density at radius 1 is 1.35 bits per heavy atom. The first kappa shape index (κ1) is 12.1. The molecule has 0 saturated heterocycles. The second-order valence-electron chi connectivity index (χ2n) is 4.45. The van der Waals surface area contributed by atoms with E-state index in [0.717, 1.165) is 12.1 Å². The summed E-state index contributed by atoms with van der Waals surface area (Å²) in [6, 6.07) is 4.81. The number of carbonyl (C=O) groups is 1. The topological polar surface area (TPSA) is 43.1 Å². The zero-order valence-electron chi connectivity index (χ0n) is 9.05. The normalized spacial score (nSPS) is 17.9. The van der Waals surface area contributed by atoms with Crippen molar-refractivity contribution in [3.8, 4) is 0 Å². The van der Waals surface area contributed by atoms with Gasteiger partial charge < -0.3 is 5.73 Å². The lowest BCUT2D eigenvalue weighted by Gasteiger charge is -2.10. The number of hydrogen-bond acceptors (Lipinski definition) is 2. The third-order valence-corrected chi connectivity index (χ3v) is 2.96. The van der Waals surface area contributed by atoms with Gasteiger partial charge in [-0.3, -0.25) is 4.79 Å². The van der Waals surface area contributed by atoms with Gasteiger partial charge in [-0.15, -0.1) is 0 Å². The van der Waals surface area contributed by atoms with Crippen LogP contribution in [0.2, 0.25) is 0 Å². The molecule has 1 aromatic carbocycles. The Hall–Kier alpha value is -1.36. The Morgan fingerprint density at radius 3 is 2.53 bits per heavy atom. The third-order valence-electron chi connectivity index (χ3n) is 2.96. The molecule has 1 fully saturated rings. The molecule has 0 aromatic heterocycles. The van der Waals surface area contributed by atoms with E-state index in [2.05, 4.69) is 0 Å². The van der Waals surface area contributed by atoms with Gasteiger partial charge in [0.05, 0.1) is 11.1 Å². The number of ketones is 1. The maximum Gasteiger partial charge on any atom is 0.416 e. The van der Waals surface area contributed by atoms with Gasteiger partial charge >= 0.3 is 6.18 Å². The zero-order chi connectivity index (χ0) is 12.7. The smallest absolute Gasteiger partial charge is 0.319 e. The summed E-state index contributed by atoms with van der Waals surface area (Å²) in [5.41, 5.74) is 4.54. The quantitative estimate of drug-likeness (QED) is 0.885. The molecule has 0 unspecified atom stereocenters. The molecule has 0 amide bonds. The van der Waals surface area contributed by atoms with Crippen molar-refractivity contribution < 1.29 is 18.0 Å². The van der Waals surface area contributed by atoms with E-state index < -0.39 is 17.3 Å². The molecular formula is C12H12F3NO. The van der Waals surface area contributed by atoms with Crippen molar-refractivity contribution in [2.45, 2.75) is 31.0 Å². The fourth-order valence-electron chi connectivity index (χ4n) is 1.63. The van der Waals surface area contributed by atoms with Crippen LogP contribution in [0.5, 0.6) is 0 Å². The molecule has 0 spiro atoms. The van der Waals surface area contributed by atoms with Crippen LogP contribution in [0.15, 0.2) is 24.3 Å². The maximum absolute atomic E-state index is 12.4. The average Bonchev–Trinajstić information content (AvgIpc) is 2.97. The second kappa shape index (κ2) is 3.84. The number of rotatable bonds is 3. The molecule has 1 aliphatic rings. The highest BCUT2D eigenvalue weighted by Crippen LogP contribution is 2.35. The maximum atomic E-state index is 12.4. The summed E-state index contributed by atoms with van der Waals surface area (Å²) >= 11 is 0. The van der Waals surface area contributed by atoms with Crippen molar-refractivity contribution >= 4 is 5.78 Å². The van der Waals surface area contributed by atoms with Crippen molar-refractivity contribution in [3.05, 3.63) is 35.4 Å². The molecule has 1 aliphatic carbocycles. The minimum absolute atomic E-state index is 0.0274. The van der Waals surface area contributed by atoms with Crippen LogP contribution in [0.25, 0.3) is 0 Å². The number of carbonyl (C=O) groups excluding carboxylic acids is 1. The Morgan fingerprint density at radius 2 is 2.00 bits per heavy atom. The van der Waals surface area contributed by atoms with E-state index in [-0.39, 0.29) is 12.2 Å². The Labute approximate surface area is 96.6 Å². The van der Waals surface area contributed by atoms with Crippen molar-refractivity contribution in [1.82, 2.24) is 0 Å². The van der Waals surface area contributed by atoms with Gasteiger partial charge in [-0.25, -0.2) is 0 Å². The molecule has 0 heterocycles. The molecule has 1 aromatic rings. The van der Waals surface area contributed by atoms with Gasteiger partial charge in [0.25, 0.3) is 0 Å². The molecule has 2 N–H and O–H groups in total. The molecule has 0 aliphatic heterocycles. The van der Waals surface area contributed by atoms with Gasteiger partial charge in [0.2, 0.25) is 0 Å². The van der Waals surface area contributed by atoms with E-state index >= 15 is 0 Å². The van der Waals surface area contributed by atoms with Gasteiger partial charge in [-0.2, -0.15) is 13.2 Å². The van der Waals surface area contributed by atoms with Crippen LogP contribution >= 0.6 is 0 Å². The van der Waals surface area contributed by atoms with Crippen LogP contribution in [-0.4, -0.2) is 11.3 Å². The molecule has 0 radical (unpaired) electrons. The molecular weight excluding hydrogens is 231 g/mol.